The molecule has 0 aromatic carbocycles. The molecule has 0 spiro atoms. The molecule has 104 valence electrons. The number of piperazine rings is 1. The predicted molar refractivity (Wildman–Crippen MR) is 76.4 cm³/mol. The molecule has 0 aliphatic carbocycles. The van der Waals surface area contributed by atoms with E-state index in [1.54, 1.807) is 18.2 Å². The van der Waals surface area contributed by atoms with Crippen molar-refractivity contribution in [1.82, 2.24) is 14.8 Å². The van der Waals surface area contributed by atoms with Crippen LogP contribution in [0.15, 0.2) is 18.2 Å². The van der Waals surface area contributed by atoms with Crippen LogP contribution in [0.5, 0.6) is 0 Å². The highest BCUT2D eigenvalue weighted by Gasteiger charge is 2.23. The molecule has 1 aliphatic rings. The van der Waals surface area contributed by atoms with Gasteiger partial charge in [0.15, 0.2) is 0 Å². The molecule has 0 atom stereocenters. The number of halogens is 1. The van der Waals surface area contributed by atoms with E-state index in [1.807, 2.05) is 4.90 Å². The molecule has 1 saturated heterocycles. The molecule has 2 heterocycles. The first kappa shape index (κ1) is 14.3. The van der Waals surface area contributed by atoms with Crippen molar-refractivity contribution in [3.05, 3.63) is 29.0 Å². The number of hydrogen-bond donors (Lipinski definition) is 0. The van der Waals surface area contributed by atoms with Gasteiger partial charge in [0.05, 0.1) is 0 Å². The van der Waals surface area contributed by atoms with Crippen molar-refractivity contribution in [3.8, 4) is 0 Å². The van der Waals surface area contributed by atoms with Crippen molar-refractivity contribution < 1.29 is 4.79 Å². The fourth-order valence-corrected chi connectivity index (χ4v) is 2.50. The first-order valence-electron chi connectivity index (χ1n) is 6.70. The fourth-order valence-electron chi connectivity index (χ4n) is 2.34. The SMILES string of the molecule is CC(C)CN1CCN(C(=O)c2cccc(Cl)n2)CC1. The third kappa shape index (κ3) is 3.91. The minimum absolute atomic E-state index is 0.0216. The number of carbonyl (C=O) groups is 1. The van der Waals surface area contributed by atoms with Gasteiger partial charge in [-0.3, -0.25) is 9.69 Å². The van der Waals surface area contributed by atoms with Gasteiger partial charge in [0.2, 0.25) is 0 Å². The Morgan fingerprint density at radius 2 is 2.00 bits per heavy atom. The van der Waals surface area contributed by atoms with Crippen molar-refractivity contribution in [2.75, 3.05) is 32.7 Å². The Labute approximate surface area is 119 Å². The highest BCUT2D eigenvalue weighted by Crippen LogP contribution is 2.11. The number of pyridine rings is 1. The predicted octanol–water partition coefficient (Wildman–Crippen LogP) is 2.15. The van der Waals surface area contributed by atoms with Gasteiger partial charge >= 0.3 is 0 Å². The molecule has 1 aromatic rings. The van der Waals surface area contributed by atoms with Gasteiger partial charge in [0.1, 0.15) is 10.8 Å². The summed E-state index contributed by atoms with van der Waals surface area (Å²) in [6, 6.07) is 5.16. The Hall–Kier alpha value is -1.13. The summed E-state index contributed by atoms with van der Waals surface area (Å²) in [5.41, 5.74) is 0.435. The Morgan fingerprint density at radius 1 is 1.32 bits per heavy atom. The van der Waals surface area contributed by atoms with Crippen LogP contribution in [0, 0.1) is 5.92 Å². The highest BCUT2D eigenvalue weighted by atomic mass is 35.5. The van der Waals surface area contributed by atoms with Crippen LogP contribution in [0.4, 0.5) is 0 Å². The van der Waals surface area contributed by atoms with E-state index in [9.17, 15) is 4.79 Å². The summed E-state index contributed by atoms with van der Waals surface area (Å²) in [6.07, 6.45) is 0. The molecule has 1 fully saturated rings. The third-order valence-electron chi connectivity index (χ3n) is 3.22. The first-order chi connectivity index (χ1) is 9.06. The van der Waals surface area contributed by atoms with E-state index in [4.69, 9.17) is 11.6 Å². The summed E-state index contributed by atoms with van der Waals surface area (Å²) in [6.45, 7) is 8.92. The van der Waals surface area contributed by atoms with Gasteiger partial charge in [-0.1, -0.05) is 31.5 Å². The van der Waals surface area contributed by atoms with Crippen molar-refractivity contribution in [2.45, 2.75) is 13.8 Å². The van der Waals surface area contributed by atoms with Gasteiger partial charge in [-0.15, -0.1) is 0 Å². The molecular formula is C14H20ClN3O. The Balaban J connectivity index is 1.92. The lowest BCUT2D eigenvalue weighted by molar-refractivity contribution is 0.0618. The number of carbonyl (C=O) groups excluding carboxylic acids is 1. The lowest BCUT2D eigenvalue weighted by Crippen LogP contribution is -2.49. The summed E-state index contributed by atoms with van der Waals surface area (Å²) in [5.74, 6) is 0.642. The first-order valence-corrected chi connectivity index (χ1v) is 7.08. The summed E-state index contributed by atoms with van der Waals surface area (Å²) in [7, 11) is 0. The van der Waals surface area contributed by atoms with Crippen LogP contribution in [-0.2, 0) is 0 Å². The molecule has 0 saturated carbocycles. The molecule has 2 rings (SSSR count). The lowest BCUT2D eigenvalue weighted by atomic mass is 10.2. The molecule has 1 aliphatic heterocycles. The number of aromatic nitrogens is 1. The van der Waals surface area contributed by atoms with Gasteiger partial charge in [-0.2, -0.15) is 0 Å². The molecule has 4 nitrogen and oxygen atoms in total. The normalized spacial score (nSPS) is 16.9. The molecular weight excluding hydrogens is 262 g/mol. The van der Waals surface area contributed by atoms with Crippen molar-refractivity contribution in [2.24, 2.45) is 5.92 Å². The zero-order valence-corrected chi connectivity index (χ0v) is 12.2. The summed E-state index contributed by atoms with van der Waals surface area (Å²) in [5, 5.41) is 0.365. The van der Waals surface area contributed by atoms with E-state index in [0.717, 1.165) is 32.7 Å². The summed E-state index contributed by atoms with van der Waals surface area (Å²) < 4.78 is 0. The average molecular weight is 282 g/mol. The topological polar surface area (TPSA) is 36.4 Å². The average Bonchev–Trinajstić information content (AvgIpc) is 2.38. The fraction of sp³-hybridized carbons (Fsp3) is 0.571. The molecule has 0 unspecified atom stereocenters. The summed E-state index contributed by atoms with van der Waals surface area (Å²) in [4.78, 5) is 20.6. The van der Waals surface area contributed by atoms with Crippen LogP contribution in [0.1, 0.15) is 24.3 Å². The molecule has 0 bridgehead atoms. The Bertz CT molecular complexity index is 442. The molecule has 5 heteroatoms. The second kappa shape index (κ2) is 6.35. The van der Waals surface area contributed by atoms with E-state index in [-0.39, 0.29) is 5.91 Å². The largest absolute Gasteiger partial charge is 0.335 e. The van der Waals surface area contributed by atoms with Crippen LogP contribution < -0.4 is 0 Å². The Morgan fingerprint density at radius 3 is 2.58 bits per heavy atom. The second-order valence-corrected chi connectivity index (χ2v) is 5.72. The zero-order chi connectivity index (χ0) is 13.8. The molecule has 1 amide bonds. The molecule has 19 heavy (non-hydrogen) atoms. The van der Waals surface area contributed by atoms with E-state index >= 15 is 0 Å². The van der Waals surface area contributed by atoms with E-state index in [2.05, 4.69) is 23.7 Å². The number of rotatable bonds is 3. The summed E-state index contributed by atoms with van der Waals surface area (Å²) >= 11 is 5.82. The quantitative estimate of drug-likeness (QED) is 0.797. The maximum Gasteiger partial charge on any atom is 0.272 e. The number of amides is 1. The zero-order valence-electron chi connectivity index (χ0n) is 11.5. The van der Waals surface area contributed by atoms with E-state index < -0.39 is 0 Å². The van der Waals surface area contributed by atoms with Gasteiger partial charge in [-0.05, 0) is 18.1 Å². The molecule has 0 radical (unpaired) electrons. The second-order valence-electron chi connectivity index (χ2n) is 5.33. The van der Waals surface area contributed by atoms with Gasteiger partial charge < -0.3 is 4.90 Å². The van der Waals surface area contributed by atoms with Gasteiger partial charge in [0.25, 0.3) is 5.91 Å². The van der Waals surface area contributed by atoms with Crippen LogP contribution in [0.25, 0.3) is 0 Å². The van der Waals surface area contributed by atoms with E-state index in [0.29, 0.717) is 16.8 Å². The van der Waals surface area contributed by atoms with Gasteiger partial charge in [-0.25, -0.2) is 4.98 Å². The van der Waals surface area contributed by atoms with Crippen molar-refractivity contribution >= 4 is 17.5 Å². The monoisotopic (exact) mass is 281 g/mol. The van der Waals surface area contributed by atoms with Crippen LogP contribution in [0.3, 0.4) is 0 Å². The van der Waals surface area contributed by atoms with E-state index in [1.165, 1.54) is 0 Å². The van der Waals surface area contributed by atoms with Crippen LogP contribution in [-0.4, -0.2) is 53.4 Å². The third-order valence-corrected chi connectivity index (χ3v) is 3.43. The minimum Gasteiger partial charge on any atom is -0.335 e. The van der Waals surface area contributed by atoms with Crippen LogP contribution in [0.2, 0.25) is 5.15 Å². The molecule has 0 N–H and O–H groups in total. The number of hydrogen-bond acceptors (Lipinski definition) is 3. The number of nitrogens with zero attached hydrogens (tertiary/aromatic N) is 3. The maximum absolute atomic E-state index is 12.3. The molecule has 1 aromatic heterocycles. The van der Waals surface area contributed by atoms with Crippen LogP contribution >= 0.6 is 11.6 Å². The minimum atomic E-state index is -0.0216. The highest BCUT2D eigenvalue weighted by molar-refractivity contribution is 6.29. The standard InChI is InChI=1S/C14H20ClN3O/c1-11(2)10-17-6-8-18(9-7-17)14(19)12-4-3-5-13(15)16-12/h3-5,11H,6-10H2,1-2H3. The van der Waals surface area contributed by atoms with Crippen molar-refractivity contribution in [3.63, 3.8) is 0 Å². The lowest BCUT2D eigenvalue weighted by Gasteiger charge is -2.35. The van der Waals surface area contributed by atoms with Crippen molar-refractivity contribution in [1.29, 1.82) is 0 Å². The maximum atomic E-state index is 12.3. The van der Waals surface area contributed by atoms with Gasteiger partial charge in [0, 0.05) is 32.7 Å². The Kier molecular flexibility index (Phi) is 4.77. The smallest absolute Gasteiger partial charge is 0.272 e.